The van der Waals surface area contributed by atoms with Gasteiger partial charge in [0, 0.05) is 11.4 Å². The van der Waals surface area contributed by atoms with E-state index in [0.29, 0.717) is 0 Å². The molecule has 0 atom stereocenters. The SMILES string of the molecule is c1ccc(-c2cccc(Nc3ccc(-c4ccc5ccccc5c4)cc3)c2)cc1. The van der Waals surface area contributed by atoms with Crippen molar-refractivity contribution in [3.63, 3.8) is 0 Å². The van der Waals surface area contributed by atoms with Crippen LogP contribution in [-0.4, -0.2) is 0 Å². The molecule has 0 radical (unpaired) electrons. The van der Waals surface area contributed by atoms with Crippen molar-refractivity contribution in [3.8, 4) is 22.3 Å². The van der Waals surface area contributed by atoms with E-state index in [-0.39, 0.29) is 0 Å². The summed E-state index contributed by atoms with van der Waals surface area (Å²) in [6.45, 7) is 0. The summed E-state index contributed by atoms with van der Waals surface area (Å²) in [6.07, 6.45) is 0. The smallest absolute Gasteiger partial charge is 0.0390 e. The normalized spacial score (nSPS) is 10.8. The van der Waals surface area contributed by atoms with Crippen molar-refractivity contribution in [1.82, 2.24) is 0 Å². The van der Waals surface area contributed by atoms with Gasteiger partial charge in [-0.1, -0.05) is 91.0 Å². The van der Waals surface area contributed by atoms with Crippen LogP contribution in [-0.2, 0) is 0 Å². The van der Waals surface area contributed by atoms with Crippen LogP contribution in [0.15, 0.2) is 121 Å². The van der Waals surface area contributed by atoms with Gasteiger partial charge < -0.3 is 5.32 Å². The first-order chi connectivity index (χ1) is 14.3. The molecule has 1 heteroatoms. The van der Waals surface area contributed by atoms with Crippen LogP contribution in [0.25, 0.3) is 33.0 Å². The maximum absolute atomic E-state index is 3.52. The minimum absolute atomic E-state index is 1.08. The Hall–Kier alpha value is -3.84. The first-order valence-electron chi connectivity index (χ1n) is 9.87. The van der Waals surface area contributed by atoms with Gasteiger partial charge in [-0.05, 0) is 63.4 Å². The van der Waals surface area contributed by atoms with Gasteiger partial charge in [0.15, 0.2) is 0 Å². The van der Waals surface area contributed by atoms with Crippen molar-refractivity contribution in [1.29, 1.82) is 0 Å². The van der Waals surface area contributed by atoms with Crippen LogP contribution in [0.4, 0.5) is 11.4 Å². The molecule has 5 aromatic rings. The minimum Gasteiger partial charge on any atom is -0.356 e. The zero-order valence-corrected chi connectivity index (χ0v) is 16.0. The monoisotopic (exact) mass is 371 g/mol. The second-order valence-electron chi connectivity index (χ2n) is 7.21. The molecule has 1 nitrogen and oxygen atoms in total. The van der Waals surface area contributed by atoms with E-state index in [4.69, 9.17) is 0 Å². The maximum Gasteiger partial charge on any atom is 0.0390 e. The Morgan fingerprint density at radius 1 is 0.345 bits per heavy atom. The fraction of sp³-hybridized carbons (Fsp3) is 0. The number of benzene rings is 5. The molecule has 0 aliphatic carbocycles. The number of anilines is 2. The lowest BCUT2D eigenvalue weighted by Crippen LogP contribution is -1.90. The number of hydrogen-bond donors (Lipinski definition) is 1. The van der Waals surface area contributed by atoms with E-state index in [1.165, 1.54) is 33.0 Å². The molecule has 0 saturated heterocycles. The molecule has 0 spiro atoms. The van der Waals surface area contributed by atoms with E-state index in [9.17, 15) is 0 Å². The van der Waals surface area contributed by atoms with Crippen molar-refractivity contribution in [3.05, 3.63) is 121 Å². The molecule has 0 fully saturated rings. The summed E-state index contributed by atoms with van der Waals surface area (Å²) in [6, 6.07) is 42.7. The molecule has 0 heterocycles. The topological polar surface area (TPSA) is 12.0 Å². The number of fused-ring (bicyclic) bond motifs is 1. The summed E-state index contributed by atoms with van der Waals surface area (Å²) in [5.74, 6) is 0. The summed E-state index contributed by atoms with van der Waals surface area (Å²) in [5, 5.41) is 6.06. The van der Waals surface area contributed by atoms with E-state index in [2.05, 4.69) is 121 Å². The molecule has 138 valence electrons. The molecule has 0 bridgehead atoms. The third-order valence-electron chi connectivity index (χ3n) is 5.23. The molecule has 0 aliphatic heterocycles. The summed E-state index contributed by atoms with van der Waals surface area (Å²) < 4.78 is 0. The van der Waals surface area contributed by atoms with Crippen LogP contribution in [0.1, 0.15) is 0 Å². The molecule has 5 aromatic carbocycles. The summed E-state index contributed by atoms with van der Waals surface area (Å²) >= 11 is 0. The van der Waals surface area contributed by atoms with Crippen LogP contribution in [0, 0.1) is 0 Å². The molecule has 0 amide bonds. The van der Waals surface area contributed by atoms with E-state index in [0.717, 1.165) is 11.4 Å². The van der Waals surface area contributed by atoms with Crippen molar-refractivity contribution in [2.75, 3.05) is 5.32 Å². The highest BCUT2D eigenvalue weighted by atomic mass is 14.9. The zero-order valence-electron chi connectivity index (χ0n) is 16.0. The van der Waals surface area contributed by atoms with Gasteiger partial charge in [-0.3, -0.25) is 0 Å². The molecule has 29 heavy (non-hydrogen) atoms. The van der Waals surface area contributed by atoms with Crippen molar-refractivity contribution >= 4 is 22.1 Å². The Balaban J connectivity index is 1.38. The zero-order chi connectivity index (χ0) is 19.5. The maximum atomic E-state index is 3.52. The van der Waals surface area contributed by atoms with Crippen LogP contribution in [0.5, 0.6) is 0 Å². The molecule has 0 aromatic heterocycles. The molecule has 0 saturated carbocycles. The second-order valence-corrected chi connectivity index (χ2v) is 7.21. The number of rotatable bonds is 4. The fourth-order valence-electron chi connectivity index (χ4n) is 3.69. The predicted octanol–water partition coefficient (Wildman–Crippen LogP) is 7.92. The standard InChI is InChI=1S/C28H21N/c1-2-7-21(8-3-1)25-11-6-12-28(20-25)29-27-17-15-23(16-18-27)26-14-13-22-9-4-5-10-24(22)19-26/h1-20,29H. The van der Waals surface area contributed by atoms with E-state index < -0.39 is 0 Å². The molecule has 5 rings (SSSR count). The van der Waals surface area contributed by atoms with Crippen LogP contribution >= 0.6 is 0 Å². The first kappa shape index (κ1) is 17.3. The average Bonchev–Trinajstić information content (AvgIpc) is 2.80. The second kappa shape index (κ2) is 7.65. The van der Waals surface area contributed by atoms with Crippen molar-refractivity contribution in [2.45, 2.75) is 0 Å². The molecule has 0 unspecified atom stereocenters. The highest BCUT2D eigenvalue weighted by Crippen LogP contribution is 2.28. The number of hydrogen-bond acceptors (Lipinski definition) is 1. The largest absolute Gasteiger partial charge is 0.356 e. The molecular formula is C28H21N. The van der Waals surface area contributed by atoms with Crippen LogP contribution in [0.3, 0.4) is 0 Å². The Labute approximate surface area is 171 Å². The predicted molar refractivity (Wildman–Crippen MR) is 125 cm³/mol. The van der Waals surface area contributed by atoms with Crippen molar-refractivity contribution < 1.29 is 0 Å². The highest BCUT2D eigenvalue weighted by Gasteiger charge is 2.02. The van der Waals surface area contributed by atoms with Crippen LogP contribution < -0.4 is 5.32 Å². The Morgan fingerprint density at radius 3 is 1.79 bits per heavy atom. The molecular weight excluding hydrogens is 350 g/mol. The highest BCUT2D eigenvalue weighted by molar-refractivity contribution is 5.87. The van der Waals surface area contributed by atoms with Gasteiger partial charge in [0.2, 0.25) is 0 Å². The molecule has 1 N–H and O–H groups in total. The summed E-state index contributed by atoms with van der Waals surface area (Å²) in [7, 11) is 0. The van der Waals surface area contributed by atoms with Crippen LogP contribution in [0.2, 0.25) is 0 Å². The molecule has 0 aliphatic rings. The van der Waals surface area contributed by atoms with Crippen molar-refractivity contribution in [2.24, 2.45) is 0 Å². The lowest BCUT2D eigenvalue weighted by atomic mass is 10.0. The Morgan fingerprint density at radius 2 is 0.966 bits per heavy atom. The van der Waals surface area contributed by atoms with Gasteiger partial charge in [-0.2, -0.15) is 0 Å². The lowest BCUT2D eigenvalue weighted by Gasteiger charge is -2.10. The quantitative estimate of drug-likeness (QED) is 0.338. The lowest BCUT2D eigenvalue weighted by molar-refractivity contribution is 1.53. The third-order valence-corrected chi connectivity index (χ3v) is 5.23. The van der Waals surface area contributed by atoms with E-state index in [1.807, 2.05) is 6.07 Å². The van der Waals surface area contributed by atoms with Gasteiger partial charge in [0.25, 0.3) is 0 Å². The Kier molecular flexibility index (Phi) is 4.56. The average molecular weight is 371 g/mol. The van der Waals surface area contributed by atoms with E-state index >= 15 is 0 Å². The van der Waals surface area contributed by atoms with Gasteiger partial charge in [-0.25, -0.2) is 0 Å². The summed E-state index contributed by atoms with van der Waals surface area (Å²) in [4.78, 5) is 0. The van der Waals surface area contributed by atoms with Gasteiger partial charge in [-0.15, -0.1) is 0 Å². The summed E-state index contributed by atoms with van der Waals surface area (Å²) in [5.41, 5.74) is 7.07. The Bertz CT molecular complexity index is 1250. The minimum atomic E-state index is 1.08. The first-order valence-corrected chi connectivity index (χ1v) is 9.87. The fourth-order valence-corrected chi connectivity index (χ4v) is 3.69. The van der Waals surface area contributed by atoms with Gasteiger partial charge in [0.05, 0.1) is 0 Å². The number of nitrogens with one attached hydrogen (secondary N) is 1. The third kappa shape index (κ3) is 3.76. The van der Waals surface area contributed by atoms with E-state index in [1.54, 1.807) is 0 Å². The van der Waals surface area contributed by atoms with Gasteiger partial charge in [0.1, 0.15) is 0 Å². The van der Waals surface area contributed by atoms with Gasteiger partial charge >= 0.3 is 0 Å².